The zero-order valence-corrected chi connectivity index (χ0v) is 13.9. The third-order valence-electron chi connectivity index (χ3n) is 3.24. The van der Waals surface area contributed by atoms with E-state index >= 15 is 0 Å². The largest absolute Gasteiger partial charge is 0.371 e. The van der Waals surface area contributed by atoms with Gasteiger partial charge >= 0.3 is 0 Å². The van der Waals surface area contributed by atoms with Crippen molar-refractivity contribution in [2.45, 2.75) is 19.4 Å². The molecular weight excluding hydrogens is 325 g/mol. The number of carbonyl (C=O) groups is 1. The maximum absolute atomic E-state index is 12.8. The summed E-state index contributed by atoms with van der Waals surface area (Å²) in [6.07, 6.45) is 4.36. The Morgan fingerprint density at radius 1 is 1.32 bits per heavy atom. The van der Waals surface area contributed by atoms with Crippen LogP contribution in [0.3, 0.4) is 0 Å². The fourth-order valence-electron chi connectivity index (χ4n) is 1.75. The lowest BCUT2D eigenvalue weighted by Crippen LogP contribution is -2.35. The molecule has 5 nitrogen and oxygen atoms in total. The smallest absolute Gasteiger partial charge is 0.212 e. The fraction of sp³-hybridized carbons (Fsp3) is 0.267. The van der Waals surface area contributed by atoms with Crippen LogP contribution >= 0.6 is 23.2 Å². The lowest BCUT2D eigenvalue weighted by Gasteiger charge is -2.22. The Balaban J connectivity index is 2.60. The van der Waals surface area contributed by atoms with Gasteiger partial charge in [0, 0.05) is 22.7 Å². The predicted octanol–water partition coefficient (Wildman–Crippen LogP) is 3.58. The molecule has 1 aromatic heterocycles. The number of rotatable bonds is 5. The van der Waals surface area contributed by atoms with Crippen molar-refractivity contribution in [3.05, 3.63) is 46.5 Å². The molecule has 116 valence electrons. The van der Waals surface area contributed by atoms with E-state index in [2.05, 4.69) is 10.1 Å². The number of ketones is 1. The quantitative estimate of drug-likeness (QED) is 0.781. The number of hydrogen-bond donors (Lipinski definition) is 0. The summed E-state index contributed by atoms with van der Waals surface area (Å²) in [5, 5.41) is 4.89. The molecule has 2 aromatic rings. The summed E-state index contributed by atoms with van der Waals surface area (Å²) in [5.74, 6) is -0.267. The zero-order valence-electron chi connectivity index (χ0n) is 12.4. The van der Waals surface area contributed by atoms with E-state index in [4.69, 9.17) is 27.9 Å². The molecule has 0 aliphatic rings. The van der Waals surface area contributed by atoms with Crippen molar-refractivity contribution in [2.75, 3.05) is 7.11 Å². The minimum atomic E-state index is -1.02. The maximum atomic E-state index is 12.8. The van der Waals surface area contributed by atoms with Gasteiger partial charge in [0.1, 0.15) is 24.0 Å². The average molecular weight is 340 g/mol. The van der Waals surface area contributed by atoms with E-state index < -0.39 is 5.60 Å². The first kappa shape index (κ1) is 16.7. The minimum absolute atomic E-state index is 0.263. The van der Waals surface area contributed by atoms with Gasteiger partial charge in [0.15, 0.2) is 0 Å². The van der Waals surface area contributed by atoms with Crippen molar-refractivity contribution < 1.29 is 9.53 Å². The van der Waals surface area contributed by atoms with Gasteiger partial charge in [-0.1, -0.05) is 29.3 Å². The van der Waals surface area contributed by atoms with Gasteiger partial charge in [-0.15, -0.1) is 0 Å². The monoisotopic (exact) mass is 339 g/mol. The van der Waals surface area contributed by atoms with Crippen molar-refractivity contribution >= 4 is 40.8 Å². The third-order valence-corrected chi connectivity index (χ3v) is 3.90. The number of benzene rings is 1. The van der Waals surface area contributed by atoms with Crippen LogP contribution in [0.25, 0.3) is 11.8 Å². The van der Waals surface area contributed by atoms with E-state index in [1.54, 1.807) is 38.1 Å². The Morgan fingerprint density at radius 3 is 2.45 bits per heavy atom. The number of hydrogen-bond acceptors (Lipinski definition) is 4. The average Bonchev–Trinajstić information content (AvgIpc) is 3.00. The molecule has 0 atom stereocenters. The van der Waals surface area contributed by atoms with E-state index in [-0.39, 0.29) is 11.5 Å². The first-order valence-corrected chi connectivity index (χ1v) is 7.23. The highest BCUT2D eigenvalue weighted by Gasteiger charge is 2.31. The van der Waals surface area contributed by atoms with Crippen molar-refractivity contribution in [3.63, 3.8) is 0 Å². The van der Waals surface area contributed by atoms with Crippen molar-refractivity contribution in [2.24, 2.45) is 0 Å². The van der Waals surface area contributed by atoms with Gasteiger partial charge in [0.25, 0.3) is 0 Å². The summed E-state index contributed by atoms with van der Waals surface area (Å²) >= 11 is 12.3. The minimum Gasteiger partial charge on any atom is -0.371 e. The topological polar surface area (TPSA) is 57.0 Å². The summed E-state index contributed by atoms with van der Waals surface area (Å²) in [7, 11) is 1.47. The van der Waals surface area contributed by atoms with Crippen LogP contribution in [0.2, 0.25) is 10.0 Å². The number of aromatic nitrogens is 3. The molecule has 7 heteroatoms. The standard InChI is InChI=1S/C15H15Cl2N3O2/c1-15(2,22-3)14(21)13(20-9-18-8-19-20)7-10-11(16)5-4-6-12(10)17/h4-9H,1-3H3. The number of halogens is 2. The van der Waals surface area contributed by atoms with Crippen LogP contribution in [0.5, 0.6) is 0 Å². The molecule has 0 N–H and O–H groups in total. The van der Waals surface area contributed by atoms with Gasteiger partial charge in [-0.2, -0.15) is 5.10 Å². The zero-order chi connectivity index (χ0) is 16.3. The molecule has 22 heavy (non-hydrogen) atoms. The summed E-state index contributed by atoms with van der Waals surface area (Å²) in [6.45, 7) is 3.35. The number of Topliss-reactive ketones (excluding diaryl/α,β-unsaturated/α-hetero) is 1. The molecule has 0 spiro atoms. The highest BCUT2D eigenvalue weighted by atomic mass is 35.5. The van der Waals surface area contributed by atoms with Gasteiger partial charge in [-0.05, 0) is 32.1 Å². The van der Waals surface area contributed by atoms with E-state index in [9.17, 15) is 4.79 Å². The highest BCUT2D eigenvalue weighted by Crippen LogP contribution is 2.29. The SMILES string of the molecule is COC(C)(C)C(=O)C(=Cc1c(Cl)cccc1Cl)n1cncn1. The van der Waals surface area contributed by atoms with Gasteiger partial charge in [-0.3, -0.25) is 4.79 Å². The molecule has 0 radical (unpaired) electrons. The number of nitrogens with zero attached hydrogens (tertiary/aromatic N) is 3. The second kappa shape index (κ2) is 6.60. The first-order valence-electron chi connectivity index (χ1n) is 6.47. The molecule has 0 aliphatic heterocycles. The Morgan fingerprint density at radius 2 is 1.95 bits per heavy atom. The molecule has 0 amide bonds. The van der Waals surface area contributed by atoms with Crippen molar-refractivity contribution in [1.82, 2.24) is 14.8 Å². The van der Waals surface area contributed by atoms with E-state index in [0.29, 0.717) is 15.6 Å². The van der Waals surface area contributed by atoms with Gasteiger partial charge < -0.3 is 4.74 Å². The van der Waals surface area contributed by atoms with E-state index in [1.807, 2.05) is 0 Å². The van der Waals surface area contributed by atoms with Crippen LogP contribution in [-0.2, 0) is 9.53 Å². The summed E-state index contributed by atoms with van der Waals surface area (Å²) in [4.78, 5) is 16.6. The van der Waals surface area contributed by atoms with Crippen LogP contribution in [0, 0.1) is 0 Å². The molecule has 0 saturated heterocycles. The summed E-state index contributed by atoms with van der Waals surface area (Å²) in [5.41, 5.74) is -0.221. The molecule has 1 heterocycles. The first-order chi connectivity index (χ1) is 10.4. The van der Waals surface area contributed by atoms with Crippen LogP contribution in [0.4, 0.5) is 0 Å². The summed E-state index contributed by atoms with van der Waals surface area (Å²) in [6, 6.07) is 5.13. The molecule has 0 aliphatic carbocycles. The molecule has 0 saturated carbocycles. The molecule has 0 fully saturated rings. The highest BCUT2D eigenvalue weighted by molar-refractivity contribution is 6.38. The lowest BCUT2D eigenvalue weighted by molar-refractivity contribution is -0.131. The molecular formula is C15H15Cl2N3O2. The number of ether oxygens (including phenoxy) is 1. The Labute approximate surface area is 138 Å². The van der Waals surface area contributed by atoms with Crippen molar-refractivity contribution in [3.8, 4) is 0 Å². The van der Waals surface area contributed by atoms with E-state index in [0.717, 1.165) is 0 Å². The molecule has 0 unspecified atom stereocenters. The van der Waals surface area contributed by atoms with Crippen LogP contribution in [0.1, 0.15) is 19.4 Å². The summed E-state index contributed by atoms with van der Waals surface area (Å²) < 4.78 is 6.62. The van der Waals surface area contributed by atoms with Crippen molar-refractivity contribution in [1.29, 1.82) is 0 Å². The number of methoxy groups -OCH3 is 1. The lowest BCUT2D eigenvalue weighted by atomic mass is 9.99. The fourth-order valence-corrected chi connectivity index (χ4v) is 2.26. The molecule has 1 aromatic carbocycles. The molecule has 2 rings (SSSR count). The molecule has 0 bridgehead atoms. The van der Waals surface area contributed by atoms with Crippen LogP contribution in [-0.4, -0.2) is 33.3 Å². The Bertz CT molecular complexity index is 689. The Kier molecular flexibility index (Phi) is 5.01. The van der Waals surface area contributed by atoms with E-state index in [1.165, 1.54) is 24.4 Å². The number of carbonyl (C=O) groups excluding carboxylic acids is 1. The maximum Gasteiger partial charge on any atom is 0.212 e. The second-order valence-corrected chi connectivity index (χ2v) is 5.86. The van der Waals surface area contributed by atoms with Crippen LogP contribution < -0.4 is 0 Å². The second-order valence-electron chi connectivity index (χ2n) is 5.05. The van der Waals surface area contributed by atoms with Gasteiger partial charge in [-0.25, -0.2) is 9.67 Å². The normalized spacial score (nSPS) is 12.5. The van der Waals surface area contributed by atoms with Crippen LogP contribution in [0.15, 0.2) is 30.9 Å². The Hall–Kier alpha value is -1.69. The van der Waals surface area contributed by atoms with Gasteiger partial charge in [0.05, 0.1) is 0 Å². The van der Waals surface area contributed by atoms with Gasteiger partial charge in [0.2, 0.25) is 5.78 Å². The third kappa shape index (κ3) is 3.38. The predicted molar refractivity (Wildman–Crippen MR) is 86.7 cm³/mol.